The Balaban J connectivity index is 2.65. The molecule has 0 saturated heterocycles. The number of hydrogen-bond donors (Lipinski definition) is 2. The standard InChI is InChI=1S/C8H13N3O4S/c1-3-15-6(12)4-16-8-7(11(13)14)9-5-10(8)2/h5,11,13H,3-4H2,1-2H3. The monoisotopic (exact) mass is 247 g/mol. The Labute approximate surface area is 96.5 Å². The van der Waals surface area contributed by atoms with E-state index in [1.165, 1.54) is 6.33 Å². The molecule has 0 radical (unpaired) electrons. The van der Waals surface area contributed by atoms with Crippen molar-refractivity contribution in [2.45, 2.75) is 11.9 Å². The van der Waals surface area contributed by atoms with Gasteiger partial charge in [-0.15, -0.1) is 0 Å². The summed E-state index contributed by atoms with van der Waals surface area (Å²) in [7, 11) is 1.67. The summed E-state index contributed by atoms with van der Waals surface area (Å²) in [6.45, 7) is 2.03. The third-order valence-corrected chi connectivity index (χ3v) is 2.85. The van der Waals surface area contributed by atoms with Crippen LogP contribution in [-0.2, 0) is 16.6 Å². The Bertz CT molecular complexity index is 366. The topological polar surface area (TPSA) is 91.8 Å². The lowest BCUT2D eigenvalue weighted by Gasteiger charge is -2.10. The predicted octanol–water partition coefficient (Wildman–Crippen LogP) is -0.521. The van der Waals surface area contributed by atoms with Crippen molar-refractivity contribution in [1.29, 1.82) is 0 Å². The van der Waals surface area contributed by atoms with Crippen LogP contribution >= 0.6 is 11.8 Å². The zero-order chi connectivity index (χ0) is 12.1. The van der Waals surface area contributed by atoms with Crippen LogP contribution in [-0.4, -0.2) is 33.1 Å². The molecular weight excluding hydrogens is 234 g/mol. The Hall–Kier alpha value is -1.09. The van der Waals surface area contributed by atoms with E-state index < -0.39 is 5.23 Å². The predicted molar refractivity (Wildman–Crippen MR) is 56.3 cm³/mol. The number of ether oxygens (including phenoxy) is 1. The second-order valence-electron chi connectivity index (χ2n) is 2.91. The fraction of sp³-hybridized carbons (Fsp3) is 0.500. The van der Waals surface area contributed by atoms with Gasteiger partial charge in [0, 0.05) is 7.05 Å². The van der Waals surface area contributed by atoms with Gasteiger partial charge in [-0.2, -0.15) is 10.2 Å². The molecule has 0 fully saturated rings. The van der Waals surface area contributed by atoms with Gasteiger partial charge in [0.1, 0.15) is 6.33 Å². The zero-order valence-corrected chi connectivity index (χ0v) is 9.78. The molecule has 1 rings (SSSR count). The maximum Gasteiger partial charge on any atom is 0.316 e. The average molecular weight is 247 g/mol. The number of nitrogens with one attached hydrogen (secondary N) is 1. The van der Waals surface area contributed by atoms with E-state index in [9.17, 15) is 10.0 Å². The lowest BCUT2D eigenvalue weighted by Crippen LogP contribution is -2.99. The number of carbonyl (C=O) groups is 1. The number of thioether (sulfide) groups is 1. The van der Waals surface area contributed by atoms with Crippen molar-refractivity contribution in [1.82, 2.24) is 9.55 Å². The Kier molecular flexibility index (Phi) is 4.74. The molecule has 2 N–H and O–H groups in total. The van der Waals surface area contributed by atoms with Crippen LogP contribution in [0, 0.1) is 5.21 Å². The smallest absolute Gasteiger partial charge is 0.316 e. The molecule has 0 spiro atoms. The molecule has 1 aromatic heterocycles. The maximum atomic E-state index is 11.1. The van der Waals surface area contributed by atoms with Crippen LogP contribution in [0.1, 0.15) is 6.92 Å². The molecule has 0 amide bonds. The molecule has 0 aliphatic rings. The van der Waals surface area contributed by atoms with Gasteiger partial charge in [0.25, 0.3) is 5.82 Å². The Morgan fingerprint density at radius 2 is 2.50 bits per heavy atom. The fourth-order valence-electron chi connectivity index (χ4n) is 1.07. The normalized spacial score (nSPS) is 12.5. The van der Waals surface area contributed by atoms with Crippen LogP contribution < -0.4 is 5.23 Å². The number of imidazole rings is 1. The van der Waals surface area contributed by atoms with E-state index in [1.807, 2.05) is 0 Å². The Morgan fingerprint density at radius 1 is 1.81 bits per heavy atom. The van der Waals surface area contributed by atoms with E-state index in [0.717, 1.165) is 11.8 Å². The van der Waals surface area contributed by atoms with Crippen molar-refractivity contribution in [2.24, 2.45) is 7.05 Å². The zero-order valence-electron chi connectivity index (χ0n) is 8.97. The third kappa shape index (κ3) is 3.20. The first-order chi connectivity index (χ1) is 7.56. The summed E-state index contributed by atoms with van der Waals surface area (Å²) >= 11 is 1.10. The molecule has 16 heavy (non-hydrogen) atoms. The van der Waals surface area contributed by atoms with E-state index in [-0.39, 0.29) is 17.5 Å². The molecule has 0 aliphatic heterocycles. The van der Waals surface area contributed by atoms with Gasteiger partial charge in [0.15, 0.2) is 5.03 Å². The van der Waals surface area contributed by atoms with Crippen molar-refractivity contribution in [2.75, 3.05) is 12.4 Å². The van der Waals surface area contributed by atoms with Crippen molar-refractivity contribution in [3.8, 4) is 0 Å². The highest BCUT2D eigenvalue weighted by Gasteiger charge is 2.17. The highest BCUT2D eigenvalue weighted by molar-refractivity contribution is 8.00. The molecule has 8 heteroatoms. The summed E-state index contributed by atoms with van der Waals surface area (Å²) in [4.78, 5) is 14.8. The molecule has 0 aliphatic carbocycles. The number of nitrogens with zero attached hydrogens (tertiary/aromatic N) is 2. The van der Waals surface area contributed by atoms with Gasteiger partial charge in [0.05, 0.1) is 12.4 Å². The van der Waals surface area contributed by atoms with Crippen LogP contribution in [0.25, 0.3) is 0 Å². The average Bonchev–Trinajstić information content (AvgIpc) is 2.57. The van der Waals surface area contributed by atoms with Crippen molar-refractivity contribution in [3.63, 3.8) is 0 Å². The van der Waals surface area contributed by atoms with E-state index in [1.54, 1.807) is 18.5 Å². The molecule has 1 atom stereocenters. The summed E-state index contributed by atoms with van der Waals surface area (Å²) in [6, 6.07) is 0. The summed E-state index contributed by atoms with van der Waals surface area (Å²) < 4.78 is 6.31. The summed E-state index contributed by atoms with van der Waals surface area (Å²) in [6.07, 6.45) is 1.40. The molecule has 0 aromatic carbocycles. The van der Waals surface area contributed by atoms with E-state index in [0.29, 0.717) is 11.6 Å². The highest BCUT2D eigenvalue weighted by atomic mass is 32.2. The summed E-state index contributed by atoms with van der Waals surface area (Å²) in [5.74, 6) is -0.338. The summed E-state index contributed by atoms with van der Waals surface area (Å²) in [5.41, 5.74) is 0. The molecule has 7 nitrogen and oxygen atoms in total. The van der Waals surface area contributed by atoms with Gasteiger partial charge >= 0.3 is 5.97 Å². The van der Waals surface area contributed by atoms with E-state index in [4.69, 9.17) is 9.94 Å². The van der Waals surface area contributed by atoms with Crippen molar-refractivity contribution >= 4 is 23.5 Å². The number of carbonyl (C=O) groups excluding carboxylic acids is 1. The van der Waals surface area contributed by atoms with Gasteiger partial charge < -0.3 is 14.5 Å². The van der Waals surface area contributed by atoms with Gasteiger partial charge in [-0.05, 0) is 6.92 Å². The second kappa shape index (κ2) is 5.85. The maximum absolute atomic E-state index is 11.1. The highest BCUT2D eigenvalue weighted by Crippen LogP contribution is 2.22. The number of rotatable bonds is 5. The molecule has 90 valence electrons. The Morgan fingerprint density at radius 3 is 3.06 bits per heavy atom. The molecule has 1 aromatic rings. The number of aryl methyl sites for hydroxylation is 1. The quantitative estimate of drug-likeness (QED) is 0.413. The first-order valence-corrected chi connectivity index (χ1v) is 5.57. The minimum absolute atomic E-state index is 0.0446. The lowest BCUT2D eigenvalue weighted by molar-refractivity contribution is -0.994. The van der Waals surface area contributed by atoms with Crippen LogP contribution in [0.2, 0.25) is 0 Å². The number of quaternary nitrogens is 1. The van der Waals surface area contributed by atoms with Gasteiger partial charge in [0.2, 0.25) is 0 Å². The van der Waals surface area contributed by atoms with E-state index >= 15 is 0 Å². The minimum Gasteiger partial charge on any atom is -0.594 e. The van der Waals surface area contributed by atoms with Crippen LogP contribution in [0.4, 0.5) is 5.82 Å². The number of aromatic nitrogens is 2. The van der Waals surface area contributed by atoms with Crippen molar-refractivity contribution < 1.29 is 20.0 Å². The fourth-order valence-corrected chi connectivity index (χ4v) is 1.93. The van der Waals surface area contributed by atoms with Crippen LogP contribution in [0.5, 0.6) is 0 Å². The van der Waals surface area contributed by atoms with Crippen LogP contribution in [0.15, 0.2) is 11.4 Å². The summed E-state index contributed by atoms with van der Waals surface area (Å²) in [5, 5.41) is 19.0. The minimum atomic E-state index is -1.10. The molecule has 1 unspecified atom stereocenters. The van der Waals surface area contributed by atoms with Crippen LogP contribution in [0.3, 0.4) is 0 Å². The molecule has 0 saturated carbocycles. The first-order valence-electron chi connectivity index (χ1n) is 4.59. The number of esters is 1. The molecular formula is C8H13N3O4S. The molecule has 0 bridgehead atoms. The lowest BCUT2D eigenvalue weighted by atomic mass is 10.7. The van der Waals surface area contributed by atoms with E-state index in [2.05, 4.69) is 4.98 Å². The van der Waals surface area contributed by atoms with Gasteiger partial charge in [-0.1, -0.05) is 11.8 Å². The second-order valence-corrected chi connectivity index (χ2v) is 3.87. The van der Waals surface area contributed by atoms with Gasteiger partial charge in [-0.3, -0.25) is 4.79 Å². The molecule has 1 heterocycles. The number of hydrogen-bond acceptors (Lipinski definition) is 6. The third-order valence-electron chi connectivity index (χ3n) is 1.72. The SMILES string of the molecule is CCOC(=O)CSc1c([NH+]([O-])O)ncn1C. The largest absolute Gasteiger partial charge is 0.594 e. The first kappa shape index (κ1) is 13.0. The van der Waals surface area contributed by atoms with Crippen molar-refractivity contribution in [3.05, 3.63) is 11.5 Å². The van der Waals surface area contributed by atoms with Gasteiger partial charge in [-0.25, -0.2) is 5.21 Å².